The Hall–Kier alpha value is -1.82. The maximum atomic E-state index is 10.9. The Bertz CT molecular complexity index is 432. The Kier molecular flexibility index (Phi) is 3.99. The van der Waals surface area contributed by atoms with Gasteiger partial charge in [-0.25, -0.2) is 0 Å². The number of nitrogens with one attached hydrogen (secondary N) is 1. The highest BCUT2D eigenvalue weighted by Gasteiger charge is 2.19. The second-order valence-corrected chi connectivity index (χ2v) is 4.25. The molecule has 6 nitrogen and oxygen atoms in total. The molecule has 1 N–H and O–H groups in total. The summed E-state index contributed by atoms with van der Waals surface area (Å²) >= 11 is 0. The van der Waals surface area contributed by atoms with Crippen molar-refractivity contribution in [1.82, 2.24) is 5.32 Å². The lowest BCUT2D eigenvalue weighted by Gasteiger charge is -2.26. The Morgan fingerprint density at radius 3 is 2.83 bits per heavy atom. The molecule has 1 fully saturated rings. The van der Waals surface area contributed by atoms with E-state index in [9.17, 15) is 10.1 Å². The van der Waals surface area contributed by atoms with Crippen molar-refractivity contribution in [3.63, 3.8) is 0 Å². The topological polar surface area (TPSA) is 73.6 Å². The maximum Gasteiger partial charge on any atom is 0.311 e. The van der Waals surface area contributed by atoms with Gasteiger partial charge in [0.15, 0.2) is 0 Å². The molecule has 0 bridgehead atoms. The molecule has 1 aliphatic rings. The highest BCUT2D eigenvalue weighted by atomic mass is 16.6. The first-order valence-electron chi connectivity index (χ1n) is 5.86. The molecule has 0 aliphatic carbocycles. The quantitative estimate of drug-likeness (QED) is 0.614. The molecule has 1 aromatic rings. The fourth-order valence-electron chi connectivity index (χ4n) is 1.78. The van der Waals surface area contributed by atoms with E-state index < -0.39 is 4.92 Å². The van der Waals surface area contributed by atoms with Gasteiger partial charge >= 0.3 is 5.69 Å². The van der Waals surface area contributed by atoms with Gasteiger partial charge in [0.2, 0.25) is 5.75 Å². The van der Waals surface area contributed by atoms with Gasteiger partial charge in [0.1, 0.15) is 5.75 Å². The van der Waals surface area contributed by atoms with Crippen molar-refractivity contribution in [2.75, 3.05) is 26.8 Å². The van der Waals surface area contributed by atoms with Gasteiger partial charge < -0.3 is 14.8 Å². The summed E-state index contributed by atoms with van der Waals surface area (Å²) in [6.45, 7) is 2.49. The smallest absolute Gasteiger partial charge is 0.311 e. The largest absolute Gasteiger partial charge is 0.497 e. The van der Waals surface area contributed by atoms with E-state index in [1.54, 1.807) is 12.1 Å². The van der Waals surface area contributed by atoms with E-state index in [1.807, 2.05) is 0 Å². The average Bonchev–Trinajstić information content (AvgIpc) is 2.31. The van der Waals surface area contributed by atoms with Crippen LogP contribution in [0.25, 0.3) is 0 Å². The summed E-state index contributed by atoms with van der Waals surface area (Å²) in [5.74, 6) is 1.45. The Morgan fingerprint density at radius 2 is 2.28 bits per heavy atom. The normalized spacial score (nSPS) is 14.9. The Morgan fingerprint density at radius 1 is 1.50 bits per heavy atom. The van der Waals surface area contributed by atoms with Crippen LogP contribution in [0.5, 0.6) is 11.5 Å². The molecule has 6 heteroatoms. The van der Waals surface area contributed by atoms with Crippen LogP contribution < -0.4 is 14.8 Å². The van der Waals surface area contributed by atoms with E-state index in [4.69, 9.17) is 9.47 Å². The molecule has 0 aromatic heterocycles. The van der Waals surface area contributed by atoms with Crippen LogP contribution in [0, 0.1) is 16.0 Å². The highest BCUT2D eigenvalue weighted by molar-refractivity contribution is 5.50. The van der Waals surface area contributed by atoms with E-state index >= 15 is 0 Å². The number of hydrogen-bond donors (Lipinski definition) is 1. The van der Waals surface area contributed by atoms with E-state index in [2.05, 4.69) is 5.32 Å². The standard InChI is InChI=1S/C12H16N2O4/c1-17-10-2-3-11(14(15)16)12(6-10)18-5-4-9-7-13-8-9/h2-3,6,9,13H,4-5,7-8H2,1H3. The lowest BCUT2D eigenvalue weighted by atomic mass is 10.0. The van der Waals surface area contributed by atoms with E-state index in [-0.39, 0.29) is 11.4 Å². The van der Waals surface area contributed by atoms with Crippen molar-refractivity contribution in [2.45, 2.75) is 6.42 Å². The number of rotatable bonds is 6. The SMILES string of the molecule is COc1ccc([N+](=O)[O-])c(OCCC2CNC2)c1. The molecule has 0 atom stereocenters. The van der Waals surface area contributed by atoms with E-state index in [1.165, 1.54) is 13.2 Å². The van der Waals surface area contributed by atoms with Gasteiger partial charge in [-0.15, -0.1) is 0 Å². The zero-order valence-electron chi connectivity index (χ0n) is 10.2. The fourth-order valence-corrected chi connectivity index (χ4v) is 1.78. The lowest BCUT2D eigenvalue weighted by molar-refractivity contribution is -0.385. The monoisotopic (exact) mass is 252 g/mol. The van der Waals surface area contributed by atoms with Gasteiger partial charge in [-0.05, 0) is 31.5 Å². The summed E-state index contributed by atoms with van der Waals surface area (Å²) < 4.78 is 10.5. The first-order valence-corrected chi connectivity index (χ1v) is 5.86. The van der Waals surface area contributed by atoms with Crippen LogP contribution in [0.2, 0.25) is 0 Å². The van der Waals surface area contributed by atoms with Crippen molar-refractivity contribution >= 4 is 5.69 Å². The minimum absolute atomic E-state index is 0.0254. The third kappa shape index (κ3) is 2.89. The predicted molar refractivity (Wildman–Crippen MR) is 66.1 cm³/mol. The summed E-state index contributed by atoms with van der Waals surface area (Å²) in [6, 6.07) is 4.51. The van der Waals surface area contributed by atoms with Gasteiger partial charge in [0, 0.05) is 12.1 Å². The highest BCUT2D eigenvalue weighted by Crippen LogP contribution is 2.31. The van der Waals surface area contributed by atoms with Crippen LogP contribution in [0.1, 0.15) is 6.42 Å². The average molecular weight is 252 g/mol. The molecule has 1 saturated heterocycles. The second kappa shape index (κ2) is 5.68. The molecule has 1 aliphatic heterocycles. The van der Waals surface area contributed by atoms with Gasteiger partial charge in [0.05, 0.1) is 18.6 Å². The third-order valence-electron chi connectivity index (χ3n) is 3.01. The molecule has 0 radical (unpaired) electrons. The maximum absolute atomic E-state index is 10.9. The lowest BCUT2D eigenvalue weighted by Crippen LogP contribution is -2.42. The van der Waals surface area contributed by atoms with Gasteiger partial charge in [-0.2, -0.15) is 0 Å². The molecule has 0 unspecified atom stereocenters. The van der Waals surface area contributed by atoms with Crippen LogP contribution in [0.4, 0.5) is 5.69 Å². The summed E-state index contributed by atoms with van der Waals surface area (Å²) in [7, 11) is 1.52. The summed E-state index contributed by atoms with van der Waals surface area (Å²) in [5, 5.41) is 14.0. The van der Waals surface area contributed by atoms with Crippen LogP contribution in [0.3, 0.4) is 0 Å². The van der Waals surface area contributed by atoms with Crippen LogP contribution in [-0.2, 0) is 0 Å². The van der Waals surface area contributed by atoms with Crippen LogP contribution in [-0.4, -0.2) is 31.7 Å². The summed E-state index contributed by atoms with van der Waals surface area (Å²) in [6.07, 6.45) is 0.904. The molecule has 2 rings (SSSR count). The fraction of sp³-hybridized carbons (Fsp3) is 0.500. The first kappa shape index (κ1) is 12.6. The second-order valence-electron chi connectivity index (χ2n) is 4.25. The molecule has 0 spiro atoms. The molecule has 1 heterocycles. The Balaban J connectivity index is 2.00. The Labute approximate surface area is 105 Å². The van der Waals surface area contributed by atoms with Gasteiger partial charge in [0.25, 0.3) is 0 Å². The number of hydrogen-bond acceptors (Lipinski definition) is 5. The van der Waals surface area contributed by atoms with Crippen LogP contribution >= 0.6 is 0 Å². The molecular weight excluding hydrogens is 236 g/mol. The minimum Gasteiger partial charge on any atom is -0.497 e. The minimum atomic E-state index is -0.445. The number of nitro benzene ring substituents is 1. The van der Waals surface area contributed by atoms with E-state index in [0.717, 1.165) is 19.5 Å². The summed E-state index contributed by atoms with van der Waals surface area (Å²) in [5.41, 5.74) is -0.0254. The molecule has 98 valence electrons. The molecular formula is C12H16N2O4. The number of nitrogens with zero attached hydrogens (tertiary/aromatic N) is 1. The number of methoxy groups -OCH3 is 1. The van der Waals surface area contributed by atoms with Crippen molar-refractivity contribution in [3.05, 3.63) is 28.3 Å². The van der Waals surface area contributed by atoms with E-state index in [0.29, 0.717) is 18.3 Å². The number of ether oxygens (including phenoxy) is 2. The van der Waals surface area contributed by atoms with Crippen molar-refractivity contribution in [3.8, 4) is 11.5 Å². The van der Waals surface area contributed by atoms with Crippen molar-refractivity contribution in [1.29, 1.82) is 0 Å². The molecule has 0 saturated carbocycles. The molecule has 18 heavy (non-hydrogen) atoms. The third-order valence-corrected chi connectivity index (χ3v) is 3.01. The zero-order valence-corrected chi connectivity index (χ0v) is 10.2. The number of benzene rings is 1. The first-order chi connectivity index (χ1) is 8.70. The molecule has 1 aromatic carbocycles. The van der Waals surface area contributed by atoms with Gasteiger partial charge in [-0.3, -0.25) is 10.1 Å². The van der Waals surface area contributed by atoms with Crippen molar-refractivity contribution in [2.24, 2.45) is 5.92 Å². The van der Waals surface area contributed by atoms with Crippen LogP contribution in [0.15, 0.2) is 18.2 Å². The van der Waals surface area contributed by atoms with Crippen molar-refractivity contribution < 1.29 is 14.4 Å². The zero-order chi connectivity index (χ0) is 13.0. The predicted octanol–water partition coefficient (Wildman–Crippen LogP) is 1.59. The van der Waals surface area contributed by atoms with Gasteiger partial charge in [-0.1, -0.05) is 0 Å². The summed E-state index contributed by atoms with van der Waals surface area (Å²) in [4.78, 5) is 10.4. The number of nitro groups is 1. The molecule has 0 amide bonds.